The molecule has 0 unspecified atom stereocenters. The fourth-order valence-electron chi connectivity index (χ4n) is 4.93. The fourth-order valence-corrected chi connectivity index (χ4v) is 6.00. The van der Waals surface area contributed by atoms with E-state index in [1.54, 1.807) is 6.07 Å². The lowest BCUT2D eigenvalue weighted by atomic mass is 9.94. The molecular formula is C28H23F4N3O4S. The van der Waals surface area contributed by atoms with E-state index in [1.165, 1.54) is 35.6 Å². The zero-order valence-corrected chi connectivity index (χ0v) is 21.8. The van der Waals surface area contributed by atoms with E-state index in [9.17, 15) is 27.5 Å². The summed E-state index contributed by atoms with van der Waals surface area (Å²) in [4.78, 5) is 17.7. The van der Waals surface area contributed by atoms with E-state index in [2.05, 4.69) is 19.8 Å². The van der Waals surface area contributed by atoms with Gasteiger partial charge in [0.05, 0.1) is 10.3 Å². The Morgan fingerprint density at radius 2 is 1.90 bits per heavy atom. The molecule has 208 valence electrons. The Kier molecular flexibility index (Phi) is 6.73. The third-order valence-electron chi connectivity index (χ3n) is 7.10. The Labute approximate surface area is 229 Å². The van der Waals surface area contributed by atoms with Gasteiger partial charge in [-0.2, -0.15) is 0 Å². The van der Waals surface area contributed by atoms with Crippen LogP contribution in [0.15, 0.2) is 47.0 Å². The number of nitrogens with zero attached hydrogens (tertiary/aromatic N) is 3. The van der Waals surface area contributed by atoms with Gasteiger partial charge in [-0.15, -0.1) is 13.2 Å². The summed E-state index contributed by atoms with van der Waals surface area (Å²) in [5.41, 5.74) is 1.23. The van der Waals surface area contributed by atoms with Gasteiger partial charge < -0.3 is 19.3 Å². The molecule has 7 nitrogen and oxygen atoms in total. The number of hydrogen-bond acceptors (Lipinski definition) is 7. The van der Waals surface area contributed by atoms with E-state index in [0.717, 1.165) is 31.7 Å². The minimum atomic E-state index is -4.84. The van der Waals surface area contributed by atoms with Crippen molar-refractivity contribution in [1.82, 2.24) is 10.1 Å². The van der Waals surface area contributed by atoms with Gasteiger partial charge in [0.1, 0.15) is 22.7 Å². The first-order valence-corrected chi connectivity index (χ1v) is 13.6. The largest absolute Gasteiger partial charge is 0.573 e. The second kappa shape index (κ2) is 10.2. The first kappa shape index (κ1) is 26.3. The number of aromatic nitrogens is 2. The molecule has 0 atom stereocenters. The fraction of sp³-hybridized carbons (Fsp3) is 0.321. The molecule has 1 aliphatic heterocycles. The van der Waals surface area contributed by atoms with Gasteiger partial charge in [-0.05, 0) is 55.9 Å². The number of hydrogen-bond donors (Lipinski definition) is 1. The molecule has 2 aromatic carbocycles. The standard InChI is InChI=1S/C28H23F4N3O4S/c29-20-13-17(26(36)37)14-22-24(20)33-27(40-22)35-11-9-15(10-12-35)5-8-19-23(34-39-25(19)16-6-7-16)18-3-1-2-4-21(18)38-28(30,31)32/h1-5,8,13-16H,6-7,9-12H2,(H,36,37). The van der Waals surface area contributed by atoms with Crippen LogP contribution in [0, 0.1) is 11.7 Å². The number of ether oxygens (including phenoxy) is 1. The number of halogens is 4. The second-order valence-electron chi connectivity index (χ2n) is 9.92. The predicted octanol–water partition coefficient (Wildman–Crippen LogP) is 7.49. The van der Waals surface area contributed by atoms with Gasteiger partial charge in [-0.25, -0.2) is 14.2 Å². The number of carbonyl (C=O) groups is 1. The topological polar surface area (TPSA) is 88.7 Å². The Morgan fingerprint density at radius 1 is 1.15 bits per heavy atom. The average molecular weight is 574 g/mol. The highest BCUT2D eigenvalue weighted by Gasteiger charge is 2.35. The van der Waals surface area contributed by atoms with Crippen LogP contribution < -0.4 is 9.64 Å². The van der Waals surface area contributed by atoms with Gasteiger partial charge in [-0.3, -0.25) is 0 Å². The molecule has 3 heterocycles. The molecular weight excluding hydrogens is 550 g/mol. The number of anilines is 1. The highest BCUT2D eigenvalue weighted by molar-refractivity contribution is 7.22. The van der Waals surface area contributed by atoms with Crippen LogP contribution in [-0.2, 0) is 0 Å². The molecule has 1 N–H and O–H groups in total. The summed E-state index contributed by atoms with van der Waals surface area (Å²) in [6.07, 6.45) is 2.53. The summed E-state index contributed by atoms with van der Waals surface area (Å²) < 4.78 is 63.8. The third-order valence-corrected chi connectivity index (χ3v) is 8.16. The van der Waals surface area contributed by atoms with E-state index < -0.39 is 18.1 Å². The number of fused-ring (bicyclic) bond motifs is 1. The van der Waals surface area contributed by atoms with Crippen molar-refractivity contribution in [3.63, 3.8) is 0 Å². The van der Waals surface area contributed by atoms with E-state index in [4.69, 9.17) is 4.52 Å². The Balaban J connectivity index is 1.20. The minimum Gasteiger partial charge on any atom is -0.478 e. The second-order valence-corrected chi connectivity index (χ2v) is 10.9. The molecule has 0 spiro atoms. The summed E-state index contributed by atoms with van der Waals surface area (Å²) in [6.45, 7) is 1.33. The number of aromatic carboxylic acids is 1. The van der Waals surface area contributed by atoms with E-state index in [1.807, 2.05) is 12.2 Å². The third kappa shape index (κ3) is 5.40. The number of benzene rings is 2. The zero-order chi connectivity index (χ0) is 28.0. The van der Waals surface area contributed by atoms with Crippen molar-refractivity contribution < 1.29 is 36.7 Å². The molecule has 1 saturated carbocycles. The summed E-state index contributed by atoms with van der Waals surface area (Å²) in [5.74, 6) is -1.13. The maximum Gasteiger partial charge on any atom is 0.573 e. The summed E-state index contributed by atoms with van der Waals surface area (Å²) in [6, 6.07) is 8.31. The minimum absolute atomic E-state index is 0.115. The van der Waals surface area contributed by atoms with Gasteiger partial charge in [0.15, 0.2) is 10.9 Å². The van der Waals surface area contributed by atoms with Gasteiger partial charge in [0.2, 0.25) is 0 Å². The predicted molar refractivity (Wildman–Crippen MR) is 141 cm³/mol. The number of thiazole rings is 1. The number of alkyl halides is 3. The van der Waals surface area contributed by atoms with E-state index >= 15 is 0 Å². The van der Waals surface area contributed by atoms with Crippen molar-refractivity contribution in [2.75, 3.05) is 18.0 Å². The van der Waals surface area contributed by atoms with E-state index in [0.29, 0.717) is 39.9 Å². The number of rotatable bonds is 7. The van der Waals surface area contributed by atoms with Crippen molar-refractivity contribution in [1.29, 1.82) is 0 Å². The molecule has 1 aliphatic carbocycles. The quantitative estimate of drug-likeness (QED) is 0.229. The number of piperidine rings is 1. The lowest BCUT2D eigenvalue weighted by Gasteiger charge is -2.30. The highest BCUT2D eigenvalue weighted by atomic mass is 32.1. The number of allylic oxidation sites excluding steroid dienone is 1. The molecule has 2 aliphatic rings. The first-order chi connectivity index (χ1) is 19.2. The average Bonchev–Trinajstić information content (AvgIpc) is 3.52. The lowest BCUT2D eigenvalue weighted by molar-refractivity contribution is -0.274. The summed E-state index contributed by atoms with van der Waals surface area (Å²) in [7, 11) is 0. The van der Waals surface area contributed by atoms with Gasteiger partial charge in [0.25, 0.3) is 0 Å². The number of carboxylic acid groups (broad SMARTS) is 1. The van der Waals surface area contributed by atoms with Crippen molar-refractivity contribution in [2.24, 2.45) is 5.92 Å². The summed E-state index contributed by atoms with van der Waals surface area (Å²) >= 11 is 1.26. The van der Waals surface area contributed by atoms with Crippen molar-refractivity contribution in [3.8, 4) is 17.0 Å². The van der Waals surface area contributed by atoms with Crippen LogP contribution in [0.25, 0.3) is 27.6 Å². The molecule has 0 bridgehead atoms. The van der Waals surface area contributed by atoms with Crippen molar-refractivity contribution >= 4 is 38.7 Å². The highest BCUT2D eigenvalue weighted by Crippen LogP contribution is 2.46. The van der Waals surface area contributed by atoms with Crippen LogP contribution >= 0.6 is 11.3 Å². The smallest absolute Gasteiger partial charge is 0.478 e. The molecule has 0 amide bonds. The molecule has 0 radical (unpaired) electrons. The monoisotopic (exact) mass is 573 g/mol. The normalized spacial score (nSPS) is 16.8. The van der Waals surface area contributed by atoms with E-state index in [-0.39, 0.29) is 34.2 Å². The SMILES string of the molecule is O=C(O)c1cc(F)c2nc(N3CCC(C=Cc4c(-c5ccccc5OC(F)(F)F)noc4C4CC4)CC3)sc2c1. The maximum absolute atomic E-state index is 14.4. The van der Waals surface area contributed by atoms with Crippen molar-refractivity contribution in [2.45, 2.75) is 38.0 Å². The van der Waals surface area contributed by atoms with Crippen LogP contribution in [0.1, 0.15) is 53.3 Å². The molecule has 2 fully saturated rings. The van der Waals surface area contributed by atoms with Gasteiger partial charge in [0, 0.05) is 30.1 Å². The maximum atomic E-state index is 14.4. The van der Waals surface area contributed by atoms with Crippen LogP contribution in [0.2, 0.25) is 0 Å². The Bertz CT molecular complexity index is 1600. The Hall–Kier alpha value is -3.93. The molecule has 40 heavy (non-hydrogen) atoms. The van der Waals surface area contributed by atoms with Crippen molar-refractivity contribution in [3.05, 3.63) is 65.2 Å². The molecule has 4 aromatic rings. The van der Waals surface area contributed by atoms with Gasteiger partial charge in [-0.1, -0.05) is 40.8 Å². The lowest BCUT2D eigenvalue weighted by Crippen LogP contribution is -2.32. The van der Waals surface area contributed by atoms with Gasteiger partial charge >= 0.3 is 12.3 Å². The molecule has 6 rings (SSSR count). The molecule has 12 heteroatoms. The number of carboxylic acids is 1. The molecule has 2 aromatic heterocycles. The molecule has 1 saturated heterocycles. The van der Waals surface area contributed by atoms with Crippen LogP contribution in [0.3, 0.4) is 0 Å². The zero-order valence-electron chi connectivity index (χ0n) is 20.9. The first-order valence-electron chi connectivity index (χ1n) is 12.8. The Morgan fingerprint density at radius 3 is 2.60 bits per heavy atom. The van der Waals surface area contributed by atoms with Crippen LogP contribution in [-0.4, -0.2) is 40.7 Å². The summed E-state index contributed by atoms with van der Waals surface area (Å²) in [5, 5.41) is 14.0. The van der Waals surface area contributed by atoms with Crippen LogP contribution in [0.5, 0.6) is 5.75 Å². The number of para-hydroxylation sites is 1. The van der Waals surface area contributed by atoms with Crippen LogP contribution in [0.4, 0.5) is 22.7 Å².